The lowest BCUT2D eigenvalue weighted by Gasteiger charge is -2.34. The number of imidazole rings is 1. The number of H-pyrrole nitrogens is 3. The molecule has 3 N–H and O–H groups in total. The second-order valence-electron chi connectivity index (χ2n) is 9.69. The van der Waals surface area contributed by atoms with Crippen LogP contribution in [0.5, 0.6) is 0 Å². The van der Waals surface area contributed by atoms with E-state index in [-0.39, 0.29) is 22.5 Å². The molecule has 1 aromatic carbocycles. The molecule has 1 amide bonds. The molecule has 1 aliphatic heterocycles. The van der Waals surface area contributed by atoms with Gasteiger partial charge in [0, 0.05) is 38.3 Å². The van der Waals surface area contributed by atoms with Crippen molar-refractivity contribution in [2.24, 2.45) is 0 Å². The van der Waals surface area contributed by atoms with Crippen LogP contribution in [-0.2, 0) is 11.2 Å². The summed E-state index contributed by atoms with van der Waals surface area (Å²) in [7, 11) is 0. The predicted molar refractivity (Wildman–Crippen MR) is 145 cm³/mol. The highest BCUT2D eigenvalue weighted by Gasteiger charge is 2.19. The van der Waals surface area contributed by atoms with Gasteiger partial charge in [0.2, 0.25) is 5.91 Å². The van der Waals surface area contributed by atoms with Gasteiger partial charge in [-0.1, -0.05) is 32.6 Å². The van der Waals surface area contributed by atoms with E-state index in [2.05, 4.69) is 26.4 Å². The van der Waals surface area contributed by atoms with E-state index in [0.717, 1.165) is 44.0 Å². The van der Waals surface area contributed by atoms with Gasteiger partial charge >= 0.3 is 0 Å². The number of carbonyl (C=O) groups is 1. The topological polar surface area (TPSA) is 118 Å². The first-order valence-corrected chi connectivity index (χ1v) is 12.8. The zero-order valence-electron chi connectivity index (χ0n) is 21.7. The number of piperazine rings is 1. The standard InChI is InChI=1S/C28H33FN6O3/c1-4-25(36)35-13-11-34(12-14-35)10-6-9-24-30-21(26(33-24)18(2)3)17-23-28(38)31-22(27(37)32-23)16-19-7-5-8-20(29)15-19/h4-5,7-8,15-18H,1,6,9-14H2,2-3H3,(H,30,33)(H,31,38)(H,32,37)/b22-16-,23-17-. The number of halogens is 1. The van der Waals surface area contributed by atoms with Gasteiger partial charge in [-0.3, -0.25) is 19.3 Å². The third-order valence-electron chi connectivity index (χ3n) is 6.56. The lowest BCUT2D eigenvalue weighted by atomic mass is 10.1. The molecule has 3 aromatic rings. The summed E-state index contributed by atoms with van der Waals surface area (Å²) in [5.41, 5.74) is 0.994. The fourth-order valence-corrected chi connectivity index (χ4v) is 4.51. The third kappa shape index (κ3) is 6.63. The van der Waals surface area contributed by atoms with Crippen molar-refractivity contribution < 1.29 is 9.18 Å². The Hall–Kier alpha value is -4.05. The molecular formula is C28H33FN6O3. The highest BCUT2D eigenvalue weighted by molar-refractivity contribution is 5.87. The Morgan fingerprint density at radius 2 is 1.76 bits per heavy atom. The Kier molecular flexibility index (Phi) is 8.52. The first-order valence-electron chi connectivity index (χ1n) is 12.8. The van der Waals surface area contributed by atoms with Crippen LogP contribution >= 0.6 is 0 Å². The van der Waals surface area contributed by atoms with Gasteiger partial charge in [0.15, 0.2) is 0 Å². The molecule has 0 spiro atoms. The van der Waals surface area contributed by atoms with E-state index in [0.29, 0.717) is 24.3 Å². The lowest BCUT2D eigenvalue weighted by molar-refractivity contribution is -0.127. The van der Waals surface area contributed by atoms with Crippen molar-refractivity contribution in [2.75, 3.05) is 32.7 Å². The number of nitrogens with zero attached hydrogens (tertiary/aromatic N) is 3. The zero-order chi connectivity index (χ0) is 27.2. The molecule has 1 aliphatic rings. The fraction of sp³-hybridized carbons (Fsp3) is 0.357. The zero-order valence-corrected chi connectivity index (χ0v) is 21.7. The molecule has 1 saturated heterocycles. The van der Waals surface area contributed by atoms with Gasteiger partial charge in [0.05, 0.1) is 5.69 Å². The van der Waals surface area contributed by atoms with Crippen LogP contribution in [0.4, 0.5) is 4.39 Å². The minimum atomic E-state index is -0.489. The molecule has 0 atom stereocenters. The summed E-state index contributed by atoms with van der Waals surface area (Å²) < 4.78 is 13.5. The maximum atomic E-state index is 13.5. The van der Waals surface area contributed by atoms with Crippen LogP contribution < -0.4 is 21.8 Å². The Morgan fingerprint density at radius 1 is 1.08 bits per heavy atom. The highest BCUT2D eigenvalue weighted by Crippen LogP contribution is 2.18. The molecule has 4 rings (SSSR count). The Morgan fingerprint density at radius 3 is 2.39 bits per heavy atom. The van der Waals surface area contributed by atoms with Crippen molar-refractivity contribution in [3.63, 3.8) is 0 Å². The SMILES string of the molecule is C=CC(=O)N1CCN(CCCc2nc(/C=c3\[nH]c(=O)/c(=C/c4cccc(F)c4)[nH]c3=O)c(C(C)C)[nH]2)CC1. The molecule has 0 radical (unpaired) electrons. The number of amides is 1. The Bertz CT molecular complexity index is 1540. The van der Waals surface area contributed by atoms with Gasteiger partial charge in [-0.15, -0.1) is 0 Å². The Balaban J connectivity index is 1.49. The second-order valence-corrected chi connectivity index (χ2v) is 9.69. The summed E-state index contributed by atoms with van der Waals surface area (Å²) in [5, 5.41) is 0.137. The van der Waals surface area contributed by atoms with Gasteiger partial charge in [-0.05, 0) is 54.8 Å². The van der Waals surface area contributed by atoms with Crippen LogP contribution in [-0.4, -0.2) is 68.4 Å². The number of benzene rings is 1. The average molecular weight is 521 g/mol. The van der Waals surface area contributed by atoms with E-state index in [1.807, 2.05) is 18.7 Å². The summed E-state index contributed by atoms with van der Waals surface area (Å²) in [5.74, 6) is 0.491. The molecule has 10 heteroatoms. The number of hydrogen-bond donors (Lipinski definition) is 3. The monoisotopic (exact) mass is 520 g/mol. The number of aryl methyl sites for hydroxylation is 1. The first kappa shape index (κ1) is 27.0. The molecule has 2 aromatic heterocycles. The predicted octanol–water partition coefficient (Wildman–Crippen LogP) is 0.969. The molecule has 0 saturated carbocycles. The summed E-state index contributed by atoms with van der Waals surface area (Å²) in [6.07, 6.45) is 5.99. The van der Waals surface area contributed by atoms with E-state index in [9.17, 15) is 18.8 Å². The van der Waals surface area contributed by atoms with Gasteiger partial charge in [-0.25, -0.2) is 9.37 Å². The largest absolute Gasteiger partial charge is 0.345 e. The maximum Gasteiger partial charge on any atom is 0.272 e. The number of aromatic amines is 3. The van der Waals surface area contributed by atoms with Crippen LogP contribution in [0, 0.1) is 5.82 Å². The number of rotatable bonds is 8. The fourth-order valence-electron chi connectivity index (χ4n) is 4.51. The van der Waals surface area contributed by atoms with Crippen LogP contribution in [0.25, 0.3) is 12.2 Å². The molecule has 200 valence electrons. The molecule has 3 heterocycles. The van der Waals surface area contributed by atoms with E-state index in [1.54, 1.807) is 12.1 Å². The quantitative estimate of drug-likeness (QED) is 0.383. The third-order valence-corrected chi connectivity index (χ3v) is 6.56. The molecule has 0 unspecified atom stereocenters. The molecule has 9 nitrogen and oxygen atoms in total. The van der Waals surface area contributed by atoms with E-state index in [4.69, 9.17) is 4.98 Å². The molecule has 1 fully saturated rings. The summed E-state index contributed by atoms with van der Waals surface area (Å²) in [4.78, 5) is 54.6. The average Bonchev–Trinajstić information content (AvgIpc) is 3.30. The minimum Gasteiger partial charge on any atom is -0.345 e. The van der Waals surface area contributed by atoms with Crippen molar-refractivity contribution in [1.29, 1.82) is 0 Å². The van der Waals surface area contributed by atoms with Gasteiger partial charge in [0.25, 0.3) is 11.1 Å². The van der Waals surface area contributed by atoms with Gasteiger partial charge < -0.3 is 19.9 Å². The Labute approximate surface area is 219 Å². The number of carbonyl (C=O) groups excluding carboxylic acids is 1. The minimum absolute atomic E-state index is 0.0234. The molecule has 0 bridgehead atoms. The van der Waals surface area contributed by atoms with Crippen LogP contribution in [0.3, 0.4) is 0 Å². The van der Waals surface area contributed by atoms with E-state index in [1.165, 1.54) is 30.4 Å². The van der Waals surface area contributed by atoms with Crippen LogP contribution in [0.15, 0.2) is 46.5 Å². The van der Waals surface area contributed by atoms with Crippen molar-refractivity contribution in [3.05, 3.63) is 96.9 Å². The van der Waals surface area contributed by atoms with E-state index < -0.39 is 16.9 Å². The van der Waals surface area contributed by atoms with Gasteiger partial charge in [-0.2, -0.15) is 0 Å². The normalized spacial score (nSPS) is 15.4. The van der Waals surface area contributed by atoms with Crippen molar-refractivity contribution in [3.8, 4) is 0 Å². The van der Waals surface area contributed by atoms with Crippen LogP contribution in [0.2, 0.25) is 0 Å². The van der Waals surface area contributed by atoms with Crippen molar-refractivity contribution >= 4 is 18.1 Å². The molecular weight excluding hydrogens is 487 g/mol. The highest BCUT2D eigenvalue weighted by atomic mass is 19.1. The van der Waals surface area contributed by atoms with Crippen molar-refractivity contribution in [2.45, 2.75) is 32.6 Å². The summed E-state index contributed by atoms with van der Waals surface area (Å²) >= 11 is 0. The maximum absolute atomic E-state index is 13.5. The number of nitrogens with one attached hydrogen (secondary N) is 3. The number of hydrogen-bond acceptors (Lipinski definition) is 5. The molecule has 0 aliphatic carbocycles. The van der Waals surface area contributed by atoms with Crippen molar-refractivity contribution in [1.82, 2.24) is 29.7 Å². The molecule has 38 heavy (non-hydrogen) atoms. The summed E-state index contributed by atoms with van der Waals surface area (Å²) in [6.45, 7) is 11.6. The smallest absolute Gasteiger partial charge is 0.272 e. The number of aromatic nitrogens is 4. The summed E-state index contributed by atoms with van der Waals surface area (Å²) in [6, 6.07) is 5.76. The second kappa shape index (κ2) is 12.0. The van der Waals surface area contributed by atoms with E-state index >= 15 is 0 Å². The first-order chi connectivity index (χ1) is 18.2. The lowest BCUT2D eigenvalue weighted by Crippen LogP contribution is -2.48. The van der Waals surface area contributed by atoms with Gasteiger partial charge in [0.1, 0.15) is 22.3 Å². The van der Waals surface area contributed by atoms with Crippen LogP contribution in [0.1, 0.15) is 49.0 Å².